The Kier molecular flexibility index (Phi) is 5.92. The third-order valence-electron chi connectivity index (χ3n) is 3.98. The number of carbonyl (C=O) groups is 2. The van der Waals surface area contributed by atoms with Crippen molar-refractivity contribution < 1.29 is 27.5 Å². The molecule has 8 heteroatoms. The summed E-state index contributed by atoms with van der Waals surface area (Å²) < 4.78 is 40.2. The molecule has 0 unspecified atom stereocenters. The average molecular weight is 400 g/mol. The largest absolute Gasteiger partial charge is 0.573 e. The molecule has 1 aromatic heterocycles. The summed E-state index contributed by atoms with van der Waals surface area (Å²) in [5.41, 5.74) is 2.42. The number of benzene rings is 2. The highest BCUT2D eigenvalue weighted by Gasteiger charge is 2.31. The maximum atomic E-state index is 12.2. The molecular weight excluding hydrogens is 385 g/mol. The van der Waals surface area contributed by atoms with Gasteiger partial charge in [0.1, 0.15) is 5.75 Å². The summed E-state index contributed by atoms with van der Waals surface area (Å²) in [6.45, 7) is -0.287. The van der Waals surface area contributed by atoms with Crippen LogP contribution in [0.2, 0.25) is 0 Å². The number of aromatic nitrogens is 1. The summed E-state index contributed by atoms with van der Waals surface area (Å²) in [6.07, 6.45) is -1.46. The highest BCUT2D eigenvalue weighted by Crippen LogP contribution is 2.23. The molecule has 1 N–H and O–H groups in total. The van der Waals surface area contributed by atoms with E-state index in [1.54, 1.807) is 36.7 Å². The summed E-state index contributed by atoms with van der Waals surface area (Å²) in [4.78, 5) is 28.3. The van der Waals surface area contributed by atoms with Crippen LogP contribution < -0.4 is 10.1 Å². The molecule has 1 heterocycles. The van der Waals surface area contributed by atoms with Gasteiger partial charge < -0.3 is 10.1 Å². The van der Waals surface area contributed by atoms with Crippen LogP contribution in [0.15, 0.2) is 73.1 Å². The van der Waals surface area contributed by atoms with Crippen molar-refractivity contribution >= 4 is 11.7 Å². The van der Waals surface area contributed by atoms with Gasteiger partial charge in [-0.1, -0.05) is 12.1 Å². The third-order valence-corrected chi connectivity index (χ3v) is 3.98. The molecule has 0 aliphatic rings. The van der Waals surface area contributed by atoms with Crippen molar-refractivity contribution in [2.75, 3.05) is 6.54 Å². The number of nitrogens with zero attached hydrogens (tertiary/aromatic N) is 1. The first kappa shape index (κ1) is 20.1. The zero-order valence-corrected chi connectivity index (χ0v) is 14.9. The zero-order valence-electron chi connectivity index (χ0n) is 14.9. The number of carbonyl (C=O) groups excluding carboxylic acids is 2. The van der Waals surface area contributed by atoms with Crippen molar-refractivity contribution in [1.82, 2.24) is 10.3 Å². The van der Waals surface area contributed by atoms with Crippen LogP contribution in [0.4, 0.5) is 13.2 Å². The Morgan fingerprint density at radius 1 is 0.828 bits per heavy atom. The standard InChI is InChI=1S/C21H15F3N2O3/c22-21(23,24)29-18-7-5-16(6-8-18)19(27)13-26-20(28)17-3-1-14(2-4-17)15-9-11-25-12-10-15/h1-12H,13H2,(H,26,28). The van der Waals surface area contributed by atoms with Crippen LogP contribution in [0, 0.1) is 0 Å². The number of ketones is 1. The van der Waals surface area contributed by atoms with E-state index in [0.29, 0.717) is 5.56 Å². The van der Waals surface area contributed by atoms with Gasteiger partial charge in [-0.2, -0.15) is 0 Å². The molecule has 148 valence electrons. The second-order valence-corrected chi connectivity index (χ2v) is 5.99. The van der Waals surface area contributed by atoms with E-state index in [1.807, 2.05) is 12.1 Å². The average Bonchev–Trinajstić information content (AvgIpc) is 2.72. The number of alkyl halides is 3. The second kappa shape index (κ2) is 8.55. The zero-order chi connectivity index (χ0) is 20.9. The highest BCUT2D eigenvalue weighted by atomic mass is 19.4. The predicted molar refractivity (Wildman–Crippen MR) is 99.5 cm³/mol. The van der Waals surface area contributed by atoms with Gasteiger partial charge in [0.2, 0.25) is 0 Å². The maximum Gasteiger partial charge on any atom is 0.573 e. The van der Waals surface area contributed by atoms with E-state index in [9.17, 15) is 22.8 Å². The lowest BCUT2D eigenvalue weighted by atomic mass is 10.0. The number of halogens is 3. The van der Waals surface area contributed by atoms with E-state index in [0.717, 1.165) is 23.3 Å². The van der Waals surface area contributed by atoms with E-state index in [-0.39, 0.29) is 12.1 Å². The van der Waals surface area contributed by atoms with Crippen molar-refractivity contribution in [3.05, 3.63) is 84.2 Å². The summed E-state index contributed by atoms with van der Waals surface area (Å²) in [5, 5.41) is 2.50. The van der Waals surface area contributed by atoms with E-state index < -0.39 is 23.8 Å². The molecule has 0 spiro atoms. The molecule has 0 aliphatic carbocycles. The first-order valence-electron chi connectivity index (χ1n) is 8.49. The fourth-order valence-corrected chi connectivity index (χ4v) is 2.57. The third kappa shape index (κ3) is 5.65. The van der Waals surface area contributed by atoms with Crippen LogP contribution in [-0.2, 0) is 0 Å². The SMILES string of the molecule is O=C(CNC(=O)c1ccc(-c2ccncc2)cc1)c1ccc(OC(F)(F)F)cc1. The first-order valence-corrected chi connectivity index (χ1v) is 8.49. The molecule has 1 amide bonds. The number of rotatable bonds is 6. The van der Waals surface area contributed by atoms with Gasteiger partial charge in [0.25, 0.3) is 5.91 Å². The van der Waals surface area contributed by atoms with Gasteiger partial charge in [0.15, 0.2) is 5.78 Å². The number of hydrogen-bond donors (Lipinski definition) is 1. The fourth-order valence-electron chi connectivity index (χ4n) is 2.57. The maximum absolute atomic E-state index is 12.2. The Bertz CT molecular complexity index is 986. The Morgan fingerprint density at radius 3 is 1.97 bits per heavy atom. The van der Waals surface area contributed by atoms with Crippen molar-refractivity contribution in [2.24, 2.45) is 0 Å². The number of pyridine rings is 1. The van der Waals surface area contributed by atoms with Crippen LogP contribution in [-0.4, -0.2) is 29.6 Å². The topological polar surface area (TPSA) is 68.3 Å². The van der Waals surface area contributed by atoms with Gasteiger partial charge in [-0.25, -0.2) is 0 Å². The van der Waals surface area contributed by atoms with Crippen molar-refractivity contribution in [2.45, 2.75) is 6.36 Å². The van der Waals surface area contributed by atoms with E-state index in [4.69, 9.17) is 0 Å². The van der Waals surface area contributed by atoms with Gasteiger partial charge >= 0.3 is 6.36 Å². The predicted octanol–water partition coefficient (Wildman–Crippen LogP) is 4.26. The van der Waals surface area contributed by atoms with Gasteiger partial charge in [0, 0.05) is 23.5 Å². The lowest BCUT2D eigenvalue weighted by Crippen LogP contribution is -2.29. The second-order valence-electron chi connectivity index (χ2n) is 5.99. The Labute approximate surface area is 164 Å². The number of ether oxygens (including phenoxy) is 1. The van der Waals surface area contributed by atoms with Crippen molar-refractivity contribution in [1.29, 1.82) is 0 Å². The molecule has 2 aromatic carbocycles. The summed E-state index contributed by atoms with van der Waals surface area (Å²) in [7, 11) is 0. The van der Waals surface area contributed by atoms with E-state index in [2.05, 4.69) is 15.0 Å². The lowest BCUT2D eigenvalue weighted by Gasteiger charge is -2.09. The molecule has 0 saturated heterocycles. The van der Waals surface area contributed by atoms with Crippen molar-refractivity contribution in [3.8, 4) is 16.9 Å². The molecule has 0 atom stereocenters. The summed E-state index contributed by atoms with van der Waals surface area (Å²) in [5.74, 6) is -1.30. The minimum Gasteiger partial charge on any atom is -0.406 e. The summed E-state index contributed by atoms with van der Waals surface area (Å²) in [6, 6.07) is 15.0. The van der Waals surface area contributed by atoms with Crippen LogP contribution in [0.3, 0.4) is 0 Å². The number of Topliss-reactive ketones (excluding diaryl/α,β-unsaturated/α-hetero) is 1. The number of amides is 1. The molecule has 0 radical (unpaired) electrons. The molecule has 3 aromatic rings. The molecule has 29 heavy (non-hydrogen) atoms. The monoisotopic (exact) mass is 400 g/mol. The Balaban J connectivity index is 1.56. The molecule has 0 fully saturated rings. The summed E-state index contributed by atoms with van der Waals surface area (Å²) >= 11 is 0. The van der Waals surface area contributed by atoms with Gasteiger partial charge in [-0.05, 0) is 59.7 Å². The lowest BCUT2D eigenvalue weighted by molar-refractivity contribution is -0.274. The molecular formula is C21H15F3N2O3. The molecule has 0 bridgehead atoms. The first-order chi connectivity index (χ1) is 13.8. The number of nitrogens with one attached hydrogen (secondary N) is 1. The molecule has 0 saturated carbocycles. The normalized spacial score (nSPS) is 11.0. The van der Waals surface area contributed by atoms with Crippen LogP contribution in [0.5, 0.6) is 5.75 Å². The molecule has 0 aliphatic heterocycles. The van der Waals surface area contributed by atoms with Crippen LogP contribution in [0.25, 0.3) is 11.1 Å². The van der Waals surface area contributed by atoms with Gasteiger partial charge in [-0.3, -0.25) is 14.6 Å². The van der Waals surface area contributed by atoms with Gasteiger partial charge in [-0.15, -0.1) is 13.2 Å². The smallest absolute Gasteiger partial charge is 0.406 e. The quantitative estimate of drug-likeness (QED) is 0.628. The molecule has 3 rings (SSSR count). The van der Waals surface area contributed by atoms with E-state index in [1.165, 1.54) is 12.1 Å². The van der Waals surface area contributed by atoms with Crippen LogP contribution in [0.1, 0.15) is 20.7 Å². The minimum atomic E-state index is -4.80. The minimum absolute atomic E-state index is 0.160. The highest BCUT2D eigenvalue weighted by molar-refractivity contribution is 6.02. The van der Waals surface area contributed by atoms with E-state index >= 15 is 0 Å². The van der Waals surface area contributed by atoms with Crippen LogP contribution >= 0.6 is 0 Å². The fraction of sp³-hybridized carbons (Fsp3) is 0.0952. The number of hydrogen-bond acceptors (Lipinski definition) is 4. The van der Waals surface area contributed by atoms with Crippen molar-refractivity contribution in [3.63, 3.8) is 0 Å². The Morgan fingerprint density at radius 2 is 1.38 bits per heavy atom. The van der Waals surface area contributed by atoms with Gasteiger partial charge in [0.05, 0.1) is 6.54 Å². The molecule has 5 nitrogen and oxygen atoms in total. The Hall–Kier alpha value is -3.68.